The molecule has 0 bridgehead atoms. The van der Waals surface area contributed by atoms with Gasteiger partial charge in [0.2, 0.25) is 5.91 Å². The van der Waals surface area contributed by atoms with Gasteiger partial charge in [-0.25, -0.2) is 4.39 Å². The highest BCUT2D eigenvalue weighted by atomic mass is 32.2. The molecule has 3 N–H and O–H groups in total. The molecule has 4 aromatic rings. The molecule has 37 heavy (non-hydrogen) atoms. The topological polar surface area (TPSA) is 98.1 Å². The number of phenolic OH excluding ortho intramolecular Hbond substituents is 2. The Morgan fingerprint density at radius 2 is 1.57 bits per heavy atom. The third-order valence-electron chi connectivity index (χ3n) is 6.47. The number of β-lactam (4-membered cyclic amide) rings is 1. The average molecular weight is 518 g/mol. The summed E-state index contributed by atoms with van der Waals surface area (Å²) >= 11 is 0. The number of aliphatic hydroxyl groups excluding tert-OH is 1. The van der Waals surface area contributed by atoms with Crippen LogP contribution in [0, 0.1) is 5.82 Å². The van der Waals surface area contributed by atoms with Crippen molar-refractivity contribution in [1.82, 2.24) is 0 Å². The van der Waals surface area contributed by atoms with Crippen molar-refractivity contribution in [1.29, 1.82) is 0 Å². The molecule has 0 aliphatic carbocycles. The fraction of sp³-hybridized carbons (Fsp3) is 0.138. The zero-order chi connectivity index (χ0) is 26.1. The van der Waals surface area contributed by atoms with Gasteiger partial charge in [0.1, 0.15) is 22.6 Å². The number of phenols is 2. The van der Waals surface area contributed by atoms with E-state index in [4.69, 9.17) is 0 Å². The number of hydrogen-bond donors (Lipinski definition) is 3. The first kappa shape index (κ1) is 24.7. The van der Waals surface area contributed by atoms with Gasteiger partial charge in [0.15, 0.2) is 0 Å². The first-order valence-electron chi connectivity index (χ1n) is 11.6. The minimum atomic E-state index is -1.80. The number of carbonyl (C=O) groups excluding carboxylic acids is 1. The molecule has 188 valence electrons. The summed E-state index contributed by atoms with van der Waals surface area (Å²) in [6.45, 7) is 0. The van der Waals surface area contributed by atoms with Crippen LogP contribution in [-0.4, -0.2) is 36.4 Å². The molecule has 1 saturated heterocycles. The molecule has 0 spiro atoms. The number of anilines is 1. The largest absolute Gasteiger partial charge is 0.508 e. The van der Waals surface area contributed by atoms with Gasteiger partial charge < -0.3 is 20.2 Å². The van der Waals surface area contributed by atoms with Crippen LogP contribution < -0.4 is 4.90 Å². The zero-order valence-electron chi connectivity index (χ0n) is 19.6. The monoisotopic (exact) mass is 517 g/mol. The summed E-state index contributed by atoms with van der Waals surface area (Å²) in [4.78, 5) is 14.8. The highest BCUT2D eigenvalue weighted by Crippen LogP contribution is 2.46. The smallest absolute Gasteiger partial charge is 0.245 e. The maximum atomic E-state index is 13.4. The predicted molar refractivity (Wildman–Crippen MR) is 140 cm³/mol. The molecular weight excluding hydrogens is 493 g/mol. The van der Waals surface area contributed by atoms with Crippen LogP contribution in [0.15, 0.2) is 97.1 Å². The second-order valence-electron chi connectivity index (χ2n) is 8.85. The normalized spacial score (nSPS) is 18.8. The van der Waals surface area contributed by atoms with E-state index in [0.29, 0.717) is 27.9 Å². The van der Waals surface area contributed by atoms with E-state index in [0.717, 1.165) is 0 Å². The molecule has 1 amide bonds. The number of para-hydroxylation sites is 1. The van der Waals surface area contributed by atoms with Crippen molar-refractivity contribution < 1.29 is 28.7 Å². The maximum Gasteiger partial charge on any atom is 0.245 e. The molecule has 1 fully saturated rings. The molecule has 4 aromatic carbocycles. The molecule has 8 heteroatoms. The van der Waals surface area contributed by atoms with Gasteiger partial charge in [0, 0.05) is 22.1 Å². The molecule has 0 radical (unpaired) electrons. The number of rotatable bonds is 7. The molecule has 1 heterocycles. The Balaban J connectivity index is 1.47. The van der Waals surface area contributed by atoms with Crippen LogP contribution in [-0.2, 0) is 15.6 Å². The van der Waals surface area contributed by atoms with Gasteiger partial charge >= 0.3 is 0 Å². The Labute approximate surface area is 215 Å². The predicted octanol–water partition coefficient (Wildman–Crippen LogP) is 4.84. The number of benzene rings is 4. The summed E-state index contributed by atoms with van der Waals surface area (Å²) < 4.78 is 26.7. The van der Waals surface area contributed by atoms with E-state index < -0.39 is 34.0 Å². The highest BCUT2D eigenvalue weighted by molar-refractivity contribution is 7.86. The van der Waals surface area contributed by atoms with Crippen molar-refractivity contribution in [2.75, 3.05) is 10.7 Å². The van der Waals surface area contributed by atoms with Gasteiger partial charge in [-0.2, -0.15) is 0 Å². The SMILES string of the molecule is O=C1[C@H](S(=O)C[C@H](O)c2ccc(F)cc2)[C@@H](c2ccc(-c3cccc(O)c3)cc2O)N1c1ccccc1. The number of aromatic hydroxyl groups is 2. The van der Waals surface area contributed by atoms with E-state index in [9.17, 15) is 28.7 Å². The van der Waals surface area contributed by atoms with E-state index in [1.54, 1.807) is 66.7 Å². The Hall–Kier alpha value is -4.01. The first-order valence-corrected chi connectivity index (χ1v) is 13.0. The van der Waals surface area contributed by atoms with Gasteiger partial charge in [0.05, 0.1) is 17.9 Å². The summed E-state index contributed by atoms with van der Waals surface area (Å²) in [6, 6.07) is 25.0. The fourth-order valence-corrected chi connectivity index (χ4v) is 6.20. The van der Waals surface area contributed by atoms with Crippen LogP contribution in [0.3, 0.4) is 0 Å². The van der Waals surface area contributed by atoms with Crippen LogP contribution in [0.1, 0.15) is 23.3 Å². The lowest BCUT2D eigenvalue weighted by atomic mass is 9.90. The number of halogens is 1. The van der Waals surface area contributed by atoms with E-state index in [1.807, 2.05) is 6.07 Å². The van der Waals surface area contributed by atoms with E-state index in [-0.39, 0.29) is 23.2 Å². The van der Waals surface area contributed by atoms with E-state index >= 15 is 0 Å². The minimum absolute atomic E-state index is 0.0830. The van der Waals surface area contributed by atoms with Crippen molar-refractivity contribution in [3.05, 3.63) is 114 Å². The van der Waals surface area contributed by atoms with Crippen molar-refractivity contribution in [3.63, 3.8) is 0 Å². The summed E-state index contributed by atoms with van der Waals surface area (Å²) in [5.41, 5.74) is 2.78. The molecule has 6 nitrogen and oxygen atoms in total. The third kappa shape index (κ3) is 4.85. The zero-order valence-corrected chi connectivity index (χ0v) is 20.4. The van der Waals surface area contributed by atoms with Gasteiger partial charge in [0.25, 0.3) is 0 Å². The third-order valence-corrected chi connectivity index (χ3v) is 8.14. The standard InChI is InChI=1S/C29H24FNO5S/c30-21-12-9-18(10-13-21)26(34)17-37(36)28-27(31(29(28)35)22-6-2-1-3-7-22)24-14-11-20(16-25(24)33)19-5-4-8-23(32)15-19/h1-16,26-28,32-34H,17H2/t26-,27+,28+,37?/m0/s1. The van der Waals surface area contributed by atoms with Crippen molar-refractivity contribution >= 4 is 22.4 Å². The highest BCUT2D eigenvalue weighted by Gasteiger charge is 2.53. The summed E-state index contributed by atoms with van der Waals surface area (Å²) in [6.07, 6.45) is -1.15. The molecule has 1 unspecified atom stereocenters. The Kier molecular flexibility index (Phi) is 6.78. The summed E-state index contributed by atoms with van der Waals surface area (Å²) in [5.74, 6) is -1.04. The van der Waals surface area contributed by atoms with Crippen LogP contribution in [0.25, 0.3) is 11.1 Å². The molecular formula is C29H24FNO5S. The first-order chi connectivity index (χ1) is 17.8. The lowest BCUT2D eigenvalue weighted by Crippen LogP contribution is -2.61. The fourth-order valence-electron chi connectivity index (χ4n) is 4.60. The maximum absolute atomic E-state index is 13.4. The van der Waals surface area contributed by atoms with Gasteiger partial charge in [-0.15, -0.1) is 0 Å². The lowest BCUT2D eigenvalue weighted by Gasteiger charge is -2.47. The van der Waals surface area contributed by atoms with Crippen LogP contribution >= 0.6 is 0 Å². The average Bonchev–Trinajstić information content (AvgIpc) is 2.88. The van der Waals surface area contributed by atoms with Crippen LogP contribution in [0.4, 0.5) is 10.1 Å². The van der Waals surface area contributed by atoms with Gasteiger partial charge in [-0.3, -0.25) is 9.00 Å². The molecule has 1 aliphatic rings. The van der Waals surface area contributed by atoms with Gasteiger partial charge in [-0.05, 0) is 59.2 Å². The second-order valence-corrected chi connectivity index (χ2v) is 10.5. The Morgan fingerprint density at radius 1 is 0.865 bits per heavy atom. The Morgan fingerprint density at radius 3 is 2.24 bits per heavy atom. The molecule has 4 atom stereocenters. The minimum Gasteiger partial charge on any atom is -0.508 e. The summed E-state index contributed by atoms with van der Waals surface area (Å²) in [5, 5.41) is 30.4. The van der Waals surface area contributed by atoms with Crippen molar-refractivity contribution in [3.8, 4) is 22.6 Å². The van der Waals surface area contributed by atoms with E-state index in [1.165, 1.54) is 29.2 Å². The Bertz CT molecular complexity index is 1460. The molecule has 1 aliphatic heterocycles. The number of hydrogen-bond acceptors (Lipinski definition) is 5. The second kappa shape index (κ2) is 10.2. The quantitative estimate of drug-likeness (QED) is 0.305. The number of amides is 1. The molecule has 5 rings (SSSR count). The lowest BCUT2D eigenvalue weighted by molar-refractivity contribution is -0.123. The number of aliphatic hydroxyl groups is 1. The number of carbonyl (C=O) groups is 1. The summed E-state index contributed by atoms with van der Waals surface area (Å²) in [7, 11) is -1.80. The van der Waals surface area contributed by atoms with E-state index in [2.05, 4.69) is 0 Å². The molecule has 0 aromatic heterocycles. The molecule has 0 saturated carbocycles. The van der Waals surface area contributed by atoms with Crippen LogP contribution in [0.5, 0.6) is 11.5 Å². The van der Waals surface area contributed by atoms with Crippen molar-refractivity contribution in [2.24, 2.45) is 0 Å². The number of nitrogens with zero attached hydrogens (tertiary/aromatic N) is 1. The van der Waals surface area contributed by atoms with Gasteiger partial charge in [-0.1, -0.05) is 54.6 Å². The van der Waals surface area contributed by atoms with Crippen LogP contribution in [0.2, 0.25) is 0 Å². The van der Waals surface area contributed by atoms with Crippen molar-refractivity contribution in [2.45, 2.75) is 17.4 Å².